The molecule has 1 aliphatic rings. The predicted molar refractivity (Wildman–Crippen MR) is 150 cm³/mol. The molecular formula is C31H32N2O6. The number of rotatable bonds is 6. The number of anilines is 2. The highest BCUT2D eigenvalue weighted by Crippen LogP contribution is 2.44. The molecule has 3 aromatic carbocycles. The predicted octanol–water partition coefficient (Wildman–Crippen LogP) is 5.59. The summed E-state index contributed by atoms with van der Waals surface area (Å²) in [6.45, 7) is 7.53. The monoisotopic (exact) mass is 528 g/mol. The third kappa shape index (κ3) is 5.36. The minimum Gasteiger partial charge on any atom is -0.507 e. The molecule has 2 amide bonds. The van der Waals surface area contributed by atoms with Crippen LogP contribution in [0.25, 0.3) is 5.76 Å². The first-order chi connectivity index (χ1) is 18.5. The second-order valence-electron chi connectivity index (χ2n) is 10.3. The molecule has 39 heavy (non-hydrogen) atoms. The zero-order valence-electron chi connectivity index (χ0n) is 22.9. The highest BCUT2D eigenvalue weighted by atomic mass is 16.5. The van der Waals surface area contributed by atoms with E-state index in [1.54, 1.807) is 67.8 Å². The van der Waals surface area contributed by atoms with Gasteiger partial charge in [-0.1, -0.05) is 39.0 Å². The molecule has 8 nitrogen and oxygen atoms in total. The maximum Gasteiger partial charge on any atom is 0.300 e. The third-order valence-corrected chi connectivity index (χ3v) is 6.66. The quantitative estimate of drug-likeness (QED) is 0.246. The Bertz CT molecular complexity index is 1450. The molecule has 0 aliphatic carbocycles. The maximum atomic E-state index is 13.6. The van der Waals surface area contributed by atoms with Crippen LogP contribution in [0.2, 0.25) is 0 Å². The number of hydrogen-bond donors (Lipinski definition) is 2. The van der Waals surface area contributed by atoms with Crippen molar-refractivity contribution in [2.75, 3.05) is 24.4 Å². The Morgan fingerprint density at radius 1 is 0.923 bits per heavy atom. The van der Waals surface area contributed by atoms with Crippen molar-refractivity contribution in [2.24, 2.45) is 0 Å². The van der Waals surface area contributed by atoms with Crippen LogP contribution in [0.5, 0.6) is 11.5 Å². The van der Waals surface area contributed by atoms with Crippen molar-refractivity contribution in [3.63, 3.8) is 0 Å². The number of aliphatic hydroxyl groups excluding tert-OH is 1. The molecule has 3 aromatic rings. The number of ketones is 1. The Kier molecular flexibility index (Phi) is 7.49. The zero-order valence-corrected chi connectivity index (χ0v) is 22.9. The van der Waals surface area contributed by atoms with Crippen LogP contribution in [0.15, 0.2) is 72.3 Å². The summed E-state index contributed by atoms with van der Waals surface area (Å²) < 4.78 is 10.8. The second-order valence-corrected chi connectivity index (χ2v) is 10.3. The van der Waals surface area contributed by atoms with E-state index in [0.717, 1.165) is 5.56 Å². The fourth-order valence-corrected chi connectivity index (χ4v) is 4.61. The van der Waals surface area contributed by atoms with Gasteiger partial charge in [-0.2, -0.15) is 0 Å². The van der Waals surface area contributed by atoms with Crippen LogP contribution in [0.4, 0.5) is 11.4 Å². The van der Waals surface area contributed by atoms with Crippen molar-refractivity contribution < 1.29 is 29.0 Å². The minimum absolute atomic E-state index is 0.0551. The standard InChI is InChI=1S/C31H32N2O6/c1-18(34)32-21-10-12-22(13-11-21)33-27(19-7-14-23(38-5)15-8-19)26(29(36)30(33)37)28(35)24-17-20(31(2,3)4)9-16-25(24)39-6/h7-17,27,35H,1-6H3,(H,32,34)/b28-26+. The topological polar surface area (TPSA) is 105 Å². The van der Waals surface area contributed by atoms with Crippen molar-refractivity contribution in [3.8, 4) is 11.5 Å². The van der Waals surface area contributed by atoms with Crippen LogP contribution in [0.1, 0.15) is 50.4 Å². The number of benzene rings is 3. The van der Waals surface area contributed by atoms with E-state index in [0.29, 0.717) is 34.0 Å². The highest BCUT2D eigenvalue weighted by molar-refractivity contribution is 6.51. The highest BCUT2D eigenvalue weighted by Gasteiger charge is 2.47. The summed E-state index contributed by atoms with van der Waals surface area (Å²) in [6, 6.07) is 18.1. The zero-order chi connectivity index (χ0) is 28.5. The summed E-state index contributed by atoms with van der Waals surface area (Å²) in [5.41, 5.74) is 2.54. The maximum absolute atomic E-state index is 13.6. The number of nitrogens with one attached hydrogen (secondary N) is 1. The first-order valence-electron chi connectivity index (χ1n) is 12.5. The molecule has 4 rings (SSSR count). The van der Waals surface area contributed by atoms with E-state index in [1.807, 2.05) is 26.8 Å². The van der Waals surface area contributed by atoms with Gasteiger partial charge in [0, 0.05) is 18.3 Å². The molecule has 0 bridgehead atoms. The van der Waals surface area contributed by atoms with Crippen LogP contribution in [0, 0.1) is 0 Å². The number of nitrogens with zero attached hydrogens (tertiary/aromatic N) is 1. The van der Waals surface area contributed by atoms with Gasteiger partial charge in [-0.25, -0.2) is 0 Å². The van der Waals surface area contributed by atoms with Gasteiger partial charge in [-0.05, 0) is 65.1 Å². The molecule has 1 fully saturated rings. The Labute approximate surface area is 227 Å². The fraction of sp³-hybridized carbons (Fsp3) is 0.258. The molecule has 0 saturated carbocycles. The van der Waals surface area contributed by atoms with E-state index in [9.17, 15) is 19.5 Å². The summed E-state index contributed by atoms with van der Waals surface area (Å²) in [6.07, 6.45) is 0. The lowest BCUT2D eigenvalue weighted by Crippen LogP contribution is -2.29. The number of aliphatic hydroxyl groups is 1. The Hall–Kier alpha value is -4.59. The number of carbonyl (C=O) groups excluding carboxylic acids is 3. The van der Waals surface area contributed by atoms with E-state index in [1.165, 1.54) is 18.9 Å². The molecular weight excluding hydrogens is 496 g/mol. The molecule has 1 unspecified atom stereocenters. The molecule has 0 radical (unpaired) electrons. The number of hydrogen-bond acceptors (Lipinski definition) is 6. The number of amides is 2. The summed E-state index contributed by atoms with van der Waals surface area (Å²) in [5, 5.41) is 14.4. The number of carbonyl (C=O) groups is 3. The van der Waals surface area contributed by atoms with Crippen molar-refractivity contribution in [3.05, 3.63) is 89.0 Å². The number of methoxy groups -OCH3 is 2. The average molecular weight is 529 g/mol. The summed E-state index contributed by atoms with van der Waals surface area (Å²) in [4.78, 5) is 39.9. The van der Waals surface area contributed by atoms with Gasteiger partial charge in [0.2, 0.25) is 5.91 Å². The first kappa shape index (κ1) is 27.4. The normalized spacial score (nSPS) is 16.8. The molecule has 1 atom stereocenters. The van der Waals surface area contributed by atoms with Crippen molar-refractivity contribution >= 4 is 34.7 Å². The summed E-state index contributed by atoms with van der Waals surface area (Å²) in [7, 11) is 3.03. The van der Waals surface area contributed by atoms with Crippen molar-refractivity contribution in [2.45, 2.75) is 39.2 Å². The van der Waals surface area contributed by atoms with Gasteiger partial charge in [-0.15, -0.1) is 0 Å². The molecule has 0 spiro atoms. The average Bonchev–Trinajstić information content (AvgIpc) is 3.17. The number of ether oxygens (including phenoxy) is 2. The summed E-state index contributed by atoms with van der Waals surface area (Å²) in [5.74, 6) is -1.17. The molecule has 202 valence electrons. The van der Waals surface area contributed by atoms with Crippen LogP contribution in [-0.4, -0.2) is 36.9 Å². The second kappa shape index (κ2) is 10.6. The van der Waals surface area contributed by atoms with Gasteiger partial charge in [-0.3, -0.25) is 19.3 Å². The Morgan fingerprint density at radius 3 is 2.10 bits per heavy atom. The lowest BCUT2D eigenvalue weighted by molar-refractivity contribution is -0.132. The summed E-state index contributed by atoms with van der Waals surface area (Å²) >= 11 is 0. The molecule has 1 heterocycles. The van der Waals surface area contributed by atoms with Gasteiger partial charge in [0.25, 0.3) is 11.7 Å². The number of Topliss-reactive ketones (excluding diaryl/α,β-unsaturated/α-hetero) is 1. The van der Waals surface area contributed by atoms with Gasteiger partial charge >= 0.3 is 0 Å². The third-order valence-electron chi connectivity index (χ3n) is 6.66. The SMILES string of the molecule is COc1ccc(C2/C(=C(\O)c3cc(C(C)(C)C)ccc3OC)C(=O)C(=O)N2c2ccc(NC(C)=O)cc2)cc1. The van der Waals surface area contributed by atoms with Gasteiger partial charge in [0.05, 0.1) is 31.4 Å². The van der Waals surface area contributed by atoms with Gasteiger partial charge < -0.3 is 19.9 Å². The van der Waals surface area contributed by atoms with Gasteiger partial charge in [0.15, 0.2) is 0 Å². The van der Waals surface area contributed by atoms with E-state index < -0.39 is 17.7 Å². The largest absolute Gasteiger partial charge is 0.507 e. The van der Waals surface area contributed by atoms with E-state index in [-0.39, 0.29) is 22.7 Å². The Balaban J connectivity index is 1.94. The smallest absolute Gasteiger partial charge is 0.300 e. The van der Waals surface area contributed by atoms with Gasteiger partial charge in [0.1, 0.15) is 17.3 Å². The molecule has 1 saturated heterocycles. The van der Waals surface area contributed by atoms with Crippen LogP contribution in [-0.2, 0) is 19.8 Å². The van der Waals surface area contributed by atoms with Crippen LogP contribution >= 0.6 is 0 Å². The lowest BCUT2D eigenvalue weighted by atomic mass is 9.85. The van der Waals surface area contributed by atoms with Crippen molar-refractivity contribution in [1.82, 2.24) is 0 Å². The lowest BCUT2D eigenvalue weighted by Gasteiger charge is -2.26. The molecule has 0 aromatic heterocycles. The van der Waals surface area contributed by atoms with E-state index >= 15 is 0 Å². The Morgan fingerprint density at radius 2 is 1.56 bits per heavy atom. The van der Waals surface area contributed by atoms with Crippen LogP contribution in [0.3, 0.4) is 0 Å². The van der Waals surface area contributed by atoms with Crippen LogP contribution < -0.4 is 19.7 Å². The molecule has 8 heteroatoms. The van der Waals surface area contributed by atoms with E-state index in [4.69, 9.17) is 9.47 Å². The van der Waals surface area contributed by atoms with E-state index in [2.05, 4.69) is 5.32 Å². The fourth-order valence-electron chi connectivity index (χ4n) is 4.61. The minimum atomic E-state index is -0.925. The van der Waals surface area contributed by atoms with Crippen molar-refractivity contribution in [1.29, 1.82) is 0 Å². The molecule has 1 aliphatic heterocycles. The molecule has 2 N–H and O–H groups in total. The first-order valence-corrected chi connectivity index (χ1v) is 12.5.